The normalized spacial score (nSPS) is 25.7. The first-order valence-electron chi connectivity index (χ1n) is 17.8. The number of rotatable bonds is 4. The Hall–Kier alpha value is -1.69. The number of alkyl halides is 9. The number of methoxy groups -OCH3 is 1. The summed E-state index contributed by atoms with van der Waals surface area (Å²) in [5.74, 6) is 3.38. The number of ether oxygens (including phenoxy) is 3. The van der Waals surface area contributed by atoms with Crippen LogP contribution in [0.5, 0.6) is 5.75 Å². The first kappa shape index (κ1) is 46.3. The highest BCUT2D eigenvalue weighted by Crippen LogP contribution is 2.62. The van der Waals surface area contributed by atoms with Crippen LogP contribution >= 0.6 is 0 Å². The van der Waals surface area contributed by atoms with E-state index in [1.54, 1.807) is 12.7 Å². The predicted molar refractivity (Wildman–Crippen MR) is 180 cm³/mol. The van der Waals surface area contributed by atoms with Crippen molar-refractivity contribution in [2.24, 2.45) is 22.7 Å². The molecule has 50 heavy (non-hydrogen) atoms. The van der Waals surface area contributed by atoms with Gasteiger partial charge < -0.3 is 14.2 Å². The molecule has 1 aromatic rings. The molecule has 0 amide bonds. The highest BCUT2D eigenvalue weighted by Gasteiger charge is 2.86. The lowest BCUT2D eigenvalue weighted by Crippen LogP contribution is -2.69. The van der Waals surface area contributed by atoms with Gasteiger partial charge in [0.25, 0.3) is 0 Å². The van der Waals surface area contributed by atoms with E-state index in [4.69, 9.17) is 9.47 Å². The molecule has 3 aliphatic carbocycles. The van der Waals surface area contributed by atoms with Gasteiger partial charge in [0.1, 0.15) is 5.75 Å². The highest BCUT2D eigenvalue weighted by atomic mass is 19.4. The largest absolute Gasteiger partial charge is 0.497 e. The fourth-order valence-corrected chi connectivity index (χ4v) is 7.48. The molecule has 1 aromatic carbocycles. The van der Waals surface area contributed by atoms with Gasteiger partial charge in [-0.1, -0.05) is 61.5 Å². The molecule has 4 rings (SSSR count). The molecule has 3 nitrogen and oxygen atoms in total. The van der Waals surface area contributed by atoms with Crippen LogP contribution in [0.3, 0.4) is 0 Å². The summed E-state index contributed by atoms with van der Waals surface area (Å²) in [7, 11) is 1.77. The fourth-order valence-electron chi connectivity index (χ4n) is 7.48. The Balaban J connectivity index is 0.000000496. The van der Waals surface area contributed by atoms with Crippen molar-refractivity contribution in [2.45, 2.75) is 176 Å². The second-order valence-corrected chi connectivity index (χ2v) is 15.9. The molecule has 2 fully saturated rings. The minimum atomic E-state index is -6.68. The Morgan fingerprint density at radius 2 is 1.20 bits per heavy atom. The first-order chi connectivity index (χ1) is 22.5. The summed E-state index contributed by atoms with van der Waals surface area (Å²) >= 11 is 0. The molecule has 0 bridgehead atoms. The van der Waals surface area contributed by atoms with E-state index in [1.807, 2.05) is 27.7 Å². The molecule has 0 radical (unpaired) electrons. The van der Waals surface area contributed by atoms with E-state index in [1.165, 1.54) is 44.1 Å². The summed E-state index contributed by atoms with van der Waals surface area (Å²) in [5, 5.41) is 0. The summed E-state index contributed by atoms with van der Waals surface area (Å²) in [6.45, 7) is 24.0. The third kappa shape index (κ3) is 9.45. The van der Waals surface area contributed by atoms with E-state index in [9.17, 15) is 39.5 Å². The van der Waals surface area contributed by atoms with E-state index >= 15 is 0 Å². The van der Waals surface area contributed by atoms with E-state index in [-0.39, 0.29) is 11.0 Å². The van der Waals surface area contributed by atoms with Crippen molar-refractivity contribution in [3.8, 4) is 5.75 Å². The third-order valence-electron chi connectivity index (χ3n) is 10.7. The molecular weight excluding hydrogens is 675 g/mol. The second-order valence-electron chi connectivity index (χ2n) is 15.9. The van der Waals surface area contributed by atoms with Gasteiger partial charge in [0.05, 0.1) is 24.4 Å². The maximum atomic E-state index is 12.3. The van der Waals surface area contributed by atoms with Crippen LogP contribution < -0.4 is 4.74 Å². The van der Waals surface area contributed by atoms with Crippen molar-refractivity contribution in [1.82, 2.24) is 0 Å². The van der Waals surface area contributed by atoms with Crippen LogP contribution in [-0.4, -0.2) is 48.5 Å². The van der Waals surface area contributed by atoms with Gasteiger partial charge in [-0.25, -0.2) is 0 Å². The van der Waals surface area contributed by atoms with Crippen LogP contribution in [-0.2, 0) is 15.9 Å². The molecule has 0 aliphatic heterocycles. The first-order valence-corrected chi connectivity index (χ1v) is 17.8. The van der Waals surface area contributed by atoms with Crippen molar-refractivity contribution in [3.05, 3.63) is 29.3 Å². The lowest BCUT2D eigenvalue weighted by Gasteiger charge is -2.52. The van der Waals surface area contributed by atoms with Crippen molar-refractivity contribution in [3.63, 3.8) is 0 Å². The summed E-state index contributed by atoms with van der Waals surface area (Å²) in [6, 6.07) is 6.81. The smallest absolute Gasteiger partial charge is 0.435 e. The molecule has 5 unspecified atom stereocenters. The average Bonchev–Trinajstić information content (AvgIpc) is 3.30. The molecular formula is C38H61F9O3. The zero-order valence-electron chi connectivity index (χ0n) is 32.4. The Labute approximate surface area is 294 Å². The maximum absolute atomic E-state index is 12.3. The second kappa shape index (κ2) is 16.1. The predicted octanol–water partition coefficient (Wildman–Crippen LogP) is 13.0. The Morgan fingerprint density at radius 3 is 1.60 bits per heavy atom. The zero-order valence-corrected chi connectivity index (χ0v) is 32.4. The monoisotopic (exact) mass is 736 g/mol. The summed E-state index contributed by atoms with van der Waals surface area (Å²) < 4.78 is 127. The number of aryl methyl sites for hydroxylation is 1. The van der Waals surface area contributed by atoms with Crippen LogP contribution in [0.2, 0.25) is 0 Å². The van der Waals surface area contributed by atoms with Crippen LogP contribution in [0, 0.1) is 22.7 Å². The lowest BCUT2D eigenvalue weighted by atomic mass is 9.55. The quantitative estimate of drug-likeness (QED) is 0.288. The van der Waals surface area contributed by atoms with E-state index < -0.39 is 29.7 Å². The minimum Gasteiger partial charge on any atom is -0.497 e. The summed E-state index contributed by atoms with van der Waals surface area (Å²) in [5.41, 5.74) is -4.97. The van der Waals surface area contributed by atoms with Gasteiger partial charge in [-0.15, -0.1) is 0 Å². The molecule has 0 spiro atoms. The van der Waals surface area contributed by atoms with Gasteiger partial charge in [-0.2, -0.15) is 39.5 Å². The van der Waals surface area contributed by atoms with E-state index in [0.717, 1.165) is 23.5 Å². The Bertz CT molecular complexity index is 1170. The third-order valence-corrected chi connectivity index (χ3v) is 10.7. The average molecular weight is 737 g/mol. The van der Waals surface area contributed by atoms with Crippen molar-refractivity contribution in [1.29, 1.82) is 0 Å². The molecule has 294 valence electrons. The number of fused-ring (bicyclic) bond motifs is 5. The molecule has 0 N–H and O–H groups in total. The standard InChI is InChI=1S/C26H40O2.C8H9F9O.2C2H6/c1-24(2,3)25(4,5)28-23-13-12-22-21-10-8-17-16-18(27-7)9-11-19(17)20(21)14-15-26(22,23)6;1-4(2,3)18-5(6(9,10)11,7(12,13)14)8(15,16)17;2*1-2/h9,11,16,20-23H,8,10,12-15H2,1-7H3;1-3H3;2*1-2H3. The number of halogens is 9. The van der Waals surface area contributed by atoms with Gasteiger partial charge >= 0.3 is 24.1 Å². The minimum absolute atomic E-state index is 0.0951. The lowest BCUT2D eigenvalue weighted by molar-refractivity contribution is -0.471. The number of benzene rings is 1. The zero-order chi connectivity index (χ0) is 39.5. The van der Waals surface area contributed by atoms with Crippen molar-refractivity contribution in [2.75, 3.05) is 7.11 Å². The molecule has 0 aromatic heterocycles. The number of hydrogen-bond donors (Lipinski definition) is 0. The van der Waals surface area contributed by atoms with Crippen LogP contribution in [0.15, 0.2) is 18.2 Å². The van der Waals surface area contributed by atoms with Crippen LogP contribution in [0.25, 0.3) is 0 Å². The van der Waals surface area contributed by atoms with E-state index in [0.29, 0.717) is 32.3 Å². The SMILES string of the molecule is CC.CC.CC(C)(C)OC(C(F)(F)F)(C(F)(F)F)C(F)(F)F.COc1ccc2c(c1)CCC1C2CCC2(C)C(OC(C)(C)C(C)(C)C)CCC12. The molecule has 0 saturated heterocycles. The van der Waals surface area contributed by atoms with Gasteiger partial charge in [0, 0.05) is 0 Å². The van der Waals surface area contributed by atoms with Gasteiger partial charge in [0.15, 0.2) is 0 Å². The topological polar surface area (TPSA) is 27.7 Å². The molecule has 2 saturated carbocycles. The molecule has 0 heterocycles. The number of hydrogen-bond acceptors (Lipinski definition) is 3. The maximum Gasteiger partial charge on any atom is 0.435 e. The van der Waals surface area contributed by atoms with E-state index in [2.05, 4.69) is 64.5 Å². The van der Waals surface area contributed by atoms with Crippen molar-refractivity contribution >= 4 is 0 Å². The van der Waals surface area contributed by atoms with Crippen LogP contribution in [0.4, 0.5) is 39.5 Å². The molecule has 12 heteroatoms. The highest BCUT2D eigenvalue weighted by molar-refractivity contribution is 5.40. The van der Waals surface area contributed by atoms with Gasteiger partial charge in [-0.3, -0.25) is 0 Å². The summed E-state index contributed by atoms with van der Waals surface area (Å²) in [6.07, 6.45) is -11.9. The van der Waals surface area contributed by atoms with Gasteiger partial charge in [-0.05, 0) is 125 Å². The molecule has 5 atom stereocenters. The van der Waals surface area contributed by atoms with Crippen molar-refractivity contribution < 1.29 is 53.7 Å². The summed E-state index contributed by atoms with van der Waals surface area (Å²) in [4.78, 5) is 0. The Kier molecular flexibility index (Phi) is 14.9. The Morgan fingerprint density at radius 1 is 0.700 bits per heavy atom. The van der Waals surface area contributed by atoms with Crippen LogP contribution in [0.1, 0.15) is 139 Å². The fraction of sp³-hybridized carbons (Fsp3) is 0.842. The molecule has 3 aliphatic rings. The van der Waals surface area contributed by atoms with Gasteiger partial charge in [0.2, 0.25) is 0 Å².